The fraction of sp³-hybridized carbons (Fsp3) is 0.167. The first-order chi connectivity index (χ1) is 11.6. The van der Waals surface area contributed by atoms with Crippen molar-refractivity contribution in [2.75, 3.05) is 0 Å². The number of carbonyl (C=O) groups excluding carboxylic acids is 1. The number of rotatable bonds is 5. The highest BCUT2D eigenvalue weighted by Crippen LogP contribution is 2.17. The molecule has 0 bridgehead atoms. The molecule has 0 unspecified atom stereocenters. The minimum absolute atomic E-state index is 0.197. The van der Waals surface area contributed by atoms with Crippen molar-refractivity contribution >= 4 is 5.91 Å². The summed E-state index contributed by atoms with van der Waals surface area (Å²) in [6.45, 7) is 2.02. The van der Waals surface area contributed by atoms with E-state index in [4.69, 9.17) is 5.73 Å². The molecule has 122 valence electrons. The Bertz CT molecular complexity index is 888. The van der Waals surface area contributed by atoms with Gasteiger partial charge in [-0.1, -0.05) is 25.1 Å². The molecule has 1 aromatic carbocycles. The van der Waals surface area contributed by atoms with Gasteiger partial charge in [0.2, 0.25) is 0 Å². The fourth-order valence-corrected chi connectivity index (χ4v) is 2.57. The summed E-state index contributed by atoms with van der Waals surface area (Å²) < 4.78 is 14.8. The molecule has 0 aliphatic heterocycles. The molecule has 0 atom stereocenters. The van der Waals surface area contributed by atoms with Crippen LogP contribution in [-0.2, 0) is 12.8 Å². The van der Waals surface area contributed by atoms with Crippen molar-refractivity contribution in [1.82, 2.24) is 14.8 Å². The van der Waals surface area contributed by atoms with Gasteiger partial charge in [0, 0.05) is 12.4 Å². The van der Waals surface area contributed by atoms with Crippen molar-refractivity contribution in [2.45, 2.75) is 19.8 Å². The lowest BCUT2D eigenvalue weighted by molar-refractivity contribution is 0.0995. The third-order valence-electron chi connectivity index (χ3n) is 3.74. The lowest BCUT2D eigenvalue weighted by Gasteiger charge is -2.10. The molecule has 0 radical (unpaired) electrons. The molecular weight excluding hydrogens is 307 g/mol. The summed E-state index contributed by atoms with van der Waals surface area (Å²) in [6, 6.07) is 10.1. The molecule has 3 aromatic rings. The highest BCUT2D eigenvalue weighted by atomic mass is 19.1. The SMILES string of the molecule is CCc1cc(Cc2cccc(F)c2)cnc1-n1ccc(C(N)=O)n1. The monoisotopic (exact) mass is 324 g/mol. The number of aromatic nitrogens is 3. The van der Waals surface area contributed by atoms with Crippen LogP contribution in [0.15, 0.2) is 48.8 Å². The number of pyridine rings is 1. The number of carbonyl (C=O) groups is 1. The maximum atomic E-state index is 13.3. The average molecular weight is 324 g/mol. The molecule has 0 aliphatic carbocycles. The Morgan fingerprint density at radius 3 is 2.75 bits per heavy atom. The number of benzene rings is 1. The van der Waals surface area contributed by atoms with Crippen LogP contribution in [0.5, 0.6) is 0 Å². The molecule has 2 aromatic heterocycles. The second kappa shape index (κ2) is 6.62. The minimum atomic E-state index is -0.575. The number of nitrogens with zero attached hydrogens (tertiary/aromatic N) is 3. The molecule has 0 saturated carbocycles. The number of halogens is 1. The summed E-state index contributed by atoms with van der Waals surface area (Å²) in [5, 5.41) is 4.14. The molecule has 1 amide bonds. The van der Waals surface area contributed by atoms with E-state index in [9.17, 15) is 9.18 Å². The van der Waals surface area contributed by atoms with Crippen LogP contribution in [-0.4, -0.2) is 20.7 Å². The van der Waals surface area contributed by atoms with Crippen LogP contribution in [0.1, 0.15) is 34.1 Å². The fourth-order valence-electron chi connectivity index (χ4n) is 2.57. The van der Waals surface area contributed by atoms with Crippen LogP contribution in [0.4, 0.5) is 4.39 Å². The molecule has 24 heavy (non-hydrogen) atoms. The van der Waals surface area contributed by atoms with Gasteiger partial charge in [-0.2, -0.15) is 5.10 Å². The van der Waals surface area contributed by atoms with E-state index in [2.05, 4.69) is 10.1 Å². The summed E-state index contributed by atoms with van der Waals surface area (Å²) in [5.41, 5.74) is 8.30. The number of aryl methyl sites for hydroxylation is 1. The first-order valence-corrected chi connectivity index (χ1v) is 7.65. The quantitative estimate of drug-likeness (QED) is 0.784. The Labute approximate surface area is 138 Å². The van der Waals surface area contributed by atoms with Gasteiger partial charge in [0.05, 0.1) is 0 Å². The van der Waals surface area contributed by atoms with Gasteiger partial charge in [-0.05, 0) is 47.7 Å². The summed E-state index contributed by atoms with van der Waals surface area (Å²) in [5.74, 6) is -0.161. The molecular formula is C18H17FN4O. The van der Waals surface area contributed by atoms with Gasteiger partial charge in [0.1, 0.15) is 11.5 Å². The zero-order chi connectivity index (χ0) is 17.1. The van der Waals surface area contributed by atoms with E-state index in [0.717, 1.165) is 23.1 Å². The summed E-state index contributed by atoms with van der Waals surface area (Å²) in [7, 11) is 0. The van der Waals surface area contributed by atoms with E-state index in [1.54, 1.807) is 29.2 Å². The molecule has 3 rings (SSSR count). The van der Waals surface area contributed by atoms with Crippen molar-refractivity contribution in [3.05, 3.63) is 77.0 Å². The number of primary amides is 1. The summed E-state index contributed by atoms with van der Waals surface area (Å²) in [6.07, 6.45) is 4.76. The smallest absolute Gasteiger partial charge is 0.269 e. The zero-order valence-electron chi connectivity index (χ0n) is 13.2. The standard InChI is InChI=1S/C18H17FN4O/c1-2-14-9-13(8-12-4-3-5-15(19)10-12)11-21-18(14)23-7-6-16(22-23)17(20)24/h3-7,9-11H,2,8H2,1H3,(H2,20,24). The van der Waals surface area contributed by atoms with Gasteiger partial charge < -0.3 is 5.73 Å². The van der Waals surface area contributed by atoms with Crippen LogP contribution < -0.4 is 5.73 Å². The predicted octanol–water partition coefficient (Wildman–Crippen LogP) is 2.66. The van der Waals surface area contributed by atoms with Crippen LogP contribution in [0.2, 0.25) is 0 Å². The third-order valence-corrected chi connectivity index (χ3v) is 3.74. The normalized spacial score (nSPS) is 10.8. The Hall–Kier alpha value is -3.02. The van der Waals surface area contributed by atoms with Gasteiger partial charge in [-0.3, -0.25) is 4.79 Å². The first kappa shape index (κ1) is 15.9. The Morgan fingerprint density at radius 1 is 1.25 bits per heavy atom. The van der Waals surface area contributed by atoms with Crippen molar-refractivity contribution in [1.29, 1.82) is 0 Å². The number of amides is 1. The Morgan fingerprint density at radius 2 is 2.08 bits per heavy atom. The second-order valence-electron chi connectivity index (χ2n) is 5.50. The van der Waals surface area contributed by atoms with Crippen molar-refractivity contribution in [2.24, 2.45) is 5.73 Å². The molecule has 0 fully saturated rings. The van der Waals surface area contributed by atoms with Gasteiger partial charge in [-0.15, -0.1) is 0 Å². The van der Waals surface area contributed by atoms with E-state index in [-0.39, 0.29) is 11.5 Å². The van der Waals surface area contributed by atoms with Crippen LogP contribution >= 0.6 is 0 Å². The molecule has 0 aliphatic rings. The molecule has 2 heterocycles. The van der Waals surface area contributed by atoms with Crippen molar-refractivity contribution in [3.8, 4) is 5.82 Å². The maximum absolute atomic E-state index is 13.3. The Kier molecular flexibility index (Phi) is 4.37. The molecule has 0 saturated heterocycles. The topological polar surface area (TPSA) is 73.8 Å². The number of nitrogens with two attached hydrogens (primary N) is 1. The van der Waals surface area contributed by atoms with Crippen molar-refractivity contribution < 1.29 is 9.18 Å². The minimum Gasteiger partial charge on any atom is -0.364 e. The van der Waals surface area contributed by atoms with Crippen LogP contribution in [0.3, 0.4) is 0 Å². The maximum Gasteiger partial charge on any atom is 0.269 e. The lowest BCUT2D eigenvalue weighted by Crippen LogP contribution is -2.13. The first-order valence-electron chi connectivity index (χ1n) is 7.65. The largest absolute Gasteiger partial charge is 0.364 e. The molecule has 0 spiro atoms. The van der Waals surface area contributed by atoms with E-state index in [0.29, 0.717) is 12.2 Å². The predicted molar refractivity (Wildman–Crippen MR) is 88.5 cm³/mol. The van der Waals surface area contributed by atoms with E-state index < -0.39 is 5.91 Å². The number of hydrogen-bond acceptors (Lipinski definition) is 3. The van der Waals surface area contributed by atoms with Crippen LogP contribution in [0.25, 0.3) is 5.82 Å². The average Bonchev–Trinajstić information content (AvgIpc) is 3.05. The summed E-state index contributed by atoms with van der Waals surface area (Å²) >= 11 is 0. The van der Waals surface area contributed by atoms with E-state index >= 15 is 0 Å². The lowest BCUT2D eigenvalue weighted by atomic mass is 10.0. The highest BCUT2D eigenvalue weighted by Gasteiger charge is 2.11. The van der Waals surface area contributed by atoms with Gasteiger partial charge in [-0.25, -0.2) is 14.1 Å². The van der Waals surface area contributed by atoms with Crippen LogP contribution in [0, 0.1) is 5.82 Å². The molecule has 6 heteroatoms. The van der Waals surface area contributed by atoms with E-state index in [1.807, 2.05) is 19.1 Å². The zero-order valence-corrected chi connectivity index (χ0v) is 13.2. The van der Waals surface area contributed by atoms with Gasteiger partial charge >= 0.3 is 0 Å². The third kappa shape index (κ3) is 3.32. The van der Waals surface area contributed by atoms with E-state index in [1.165, 1.54) is 12.1 Å². The Balaban J connectivity index is 1.91. The number of hydrogen-bond donors (Lipinski definition) is 1. The van der Waals surface area contributed by atoms with Crippen molar-refractivity contribution in [3.63, 3.8) is 0 Å². The summed E-state index contributed by atoms with van der Waals surface area (Å²) in [4.78, 5) is 15.6. The molecule has 2 N–H and O–H groups in total. The second-order valence-corrected chi connectivity index (χ2v) is 5.50. The van der Waals surface area contributed by atoms with Gasteiger partial charge in [0.25, 0.3) is 5.91 Å². The molecule has 5 nitrogen and oxygen atoms in total. The van der Waals surface area contributed by atoms with Gasteiger partial charge in [0.15, 0.2) is 5.82 Å². The highest BCUT2D eigenvalue weighted by molar-refractivity contribution is 5.90.